The van der Waals surface area contributed by atoms with Gasteiger partial charge in [0, 0.05) is 35.6 Å². The number of thiophene rings is 1. The van der Waals surface area contributed by atoms with Crippen molar-refractivity contribution in [1.29, 1.82) is 0 Å². The van der Waals surface area contributed by atoms with Gasteiger partial charge in [-0.2, -0.15) is 13.2 Å². The van der Waals surface area contributed by atoms with Crippen molar-refractivity contribution in [2.45, 2.75) is 38.5 Å². The Labute approximate surface area is 154 Å². The van der Waals surface area contributed by atoms with E-state index in [1.807, 2.05) is 0 Å². The van der Waals surface area contributed by atoms with Gasteiger partial charge in [-0.1, -0.05) is 0 Å². The van der Waals surface area contributed by atoms with E-state index in [4.69, 9.17) is 0 Å². The molecule has 0 fully saturated rings. The Morgan fingerprint density at radius 1 is 1.23 bits per heavy atom. The number of fused-ring (bicyclic) bond motifs is 1. The fourth-order valence-electron chi connectivity index (χ4n) is 3.48. The quantitative estimate of drug-likeness (QED) is 0.844. The van der Waals surface area contributed by atoms with Crippen LogP contribution in [0.1, 0.15) is 46.3 Å². The molecule has 0 saturated heterocycles. The third kappa shape index (κ3) is 3.94. The van der Waals surface area contributed by atoms with Crippen LogP contribution in [0.5, 0.6) is 0 Å². The van der Waals surface area contributed by atoms with Crippen LogP contribution in [0, 0.1) is 0 Å². The van der Waals surface area contributed by atoms with E-state index in [0.717, 1.165) is 18.6 Å². The van der Waals surface area contributed by atoms with Gasteiger partial charge < -0.3 is 5.32 Å². The lowest BCUT2D eigenvalue weighted by atomic mass is 9.97. The number of hydrogen-bond donors (Lipinski definition) is 1. The number of carbonyl (C=O) groups is 1. The standard InChI is InChI=1S/C19H21F3N2OS/c1-12-11-15-7-10-26-17(15)13(2)24(12)9-8-23-18(25)14-3-5-16(6-4-14)19(20,21)22/h3-7,10,12-13H,8-9,11H2,1-2H3,(H,23,25). The SMILES string of the molecule is CC1Cc2ccsc2C(C)N1CCNC(=O)c1ccc(C(F)(F)F)cc1. The van der Waals surface area contributed by atoms with Crippen molar-refractivity contribution in [2.24, 2.45) is 0 Å². The average Bonchev–Trinajstić information content (AvgIpc) is 3.05. The normalized spacial score (nSPS) is 20.7. The Bertz CT molecular complexity index is 770. The summed E-state index contributed by atoms with van der Waals surface area (Å²) in [5.74, 6) is -0.354. The molecule has 7 heteroatoms. The molecule has 1 N–H and O–H groups in total. The van der Waals surface area contributed by atoms with Gasteiger partial charge in [0.2, 0.25) is 0 Å². The van der Waals surface area contributed by atoms with Crippen molar-refractivity contribution in [3.05, 3.63) is 57.3 Å². The predicted molar refractivity (Wildman–Crippen MR) is 96.4 cm³/mol. The zero-order valence-electron chi connectivity index (χ0n) is 14.6. The molecule has 0 spiro atoms. The maximum atomic E-state index is 12.6. The third-order valence-corrected chi connectivity index (χ3v) is 6.00. The van der Waals surface area contributed by atoms with Gasteiger partial charge in [-0.3, -0.25) is 9.69 Å². The smallest absolute Gasteiger partial charge is 0.351 e. The number of amides is 1. The molecule has 3 rings (SSSR count). The molecule has 2 heterocycles. The Morgan fingerprint density at radius 2 is 1.92 bits per heavy atom. The van der Waals surface area contributed by atoms with Gasteiger partial charge in [-0.25, -0.2) is 0 Å². The fourth-order valence-corrected chi connectivity index (χ4v) is 4.49. The largest absolute Gasteiger partial charge is 0.416 e. The lowest BCUT2D eigenvalue weighted by Crippen LogP contribution is -2.44. The predicted octanol–water partition coefficient (Wildman–Crippen LogP) is 4.50. The van der Waals surface area contributed by atoms with E-state index < -0.39 is 11.7 Å². The summed E-state index contributed by atoms with van der Waals surface area (Å²) in [4.78, 5) is 15.9. The average molecular weight is 382 g/mol. The van der Waals surface area contributed by atoms with Crippen LogP contribution in [0.25, 0.3) is 0 Å². The van der Waals surface area contributed by atoms with Crippen molar-refractivity contribution in [3.63, 3.8) is 0 Å². The topological polar surface area (TPSA) is 32.3 Å². The maximum absolute atomic E-state index is 12.6. The minimum Gasteiger partial charge on any atom is -0.351 e. The first kappa shape index (κ1) is 18.9. The summed E-state index contributed by atoms with van der Waals surface area (Å²) in [6.45, 7) is 5.50. The lowest BCUT2D eigenvalue weighted by Gasteiger charge is -2.38. The van der Waals surface area contributed by atoms with Gasteiger partial charge in [0.05, 0.1) is 5.56 Å². The number of hydrogen-bond acceptors (Lipinski definition) is 3. The summed E-state index contributed by atoms with van der Waals surface area (Å²) in [6, 6.07) is 7.15. The summed E-state index contributed by atoms with van der Waals surface area (Å²) in [5, 5.41) is 4.92. The van der Waals surface area contributed by atoms with Gasteiger partial charge in [-0.05, 0) is 61.5 Å². The fraction of sp³-hybridized carbons (Fsp3) is 0.421. The van der Waals surface area contributed by atoms with Crippen molar-refractivity contribution < 1.29 is 18.0 Å². The molecule has 0 aliphatic carbocycles. The molecule has 1 aromatic heterocycles. The molecule has 2 aromatic rings. The first-order chi connectivity index (χ1) is 12.3. The van der Waals surface area contributed by atoms with E-state index in [1.54, 1.807) is 11.3 Å². The van der Waals surface area contributed by atoms with Crippen LogP contribution >= 0.6 is 11.3 Å². The summed E-state index contributed by atoms with van der Waals surface area (Å²) < 4.78 is 37.7. The van der Waals surface area contributed by atoms with Crippen LogP contribution in [-0.4, -0.2) is 29.9 Å². The van der Waals surface area contributed by atoms with E-state index in [1.165, 1.54) is 22.6 Å². The molecule has 0 saturated carbocycles. The summed E-state index contributed by atoms with van der Waals surface area (Å²) in [5.41, 5.74) is 0.884. The van der Waals surface area contributed by atoms with E-state index in [2.05, 4.69) is 35.5 Å². The first-order valence-corrected chi connectivity index (χ1v) is 9.43. The maximum Gasteiger partial charge on any atom is 0.416 e. The molecule has 1 amide bonds. The molecule has 26 heavy (non-hydrogen) atoms. The number of benzene rings is 1. The van der Waals surface area contributed by atoms with Crippen LogP contribution in [0.2, 0.25) is 0 Å². The number of rotatable bonds is 4. The van der Waals surface area contributed by atoms with Gasteiger partial charge in [0.1, 0.15) is 0 Å². The van der Waals surface area contributed by atoms with E-state index in [-0.39, 0.29) is 11.5 Å². The number of halogens is 3. The van der Waals surface area contributed by atoms with Gasteiger partial charge in [0.25, 0.3) is 5.91 Å². The van der Waals surface area contributed by atoms with Gasteiger partial charge in [-0.15, -0.1) is 11.3 Å². The van der Waals surface area contributed by atoms with Crippen molar-refractivity contribution in [3.8, 4) is 0 Å². The molecule has 1 aliphatic heterocycles. The van der Waals surface area contributed by atoms with Gasteiger partial charge in [0.15, 0.2) is 0 Å². The Balaban J connectivity index is 1.55. The molecule has 0 radical (unpaired) electrons. The van der Waals surface area contributed by atoms with Crippen LogP contribution in [0.15, 0.2) is 35.7 Å². The molecule has 2 atom stereocenters. The number of carbonyl (C=O) groups excluding carboxylic acids is 1. The minimum atomic E-state index is -4.39. The molecule has 1 aromatic carbocycles. The Hall–Kier alpha value is -1.86. The van der Waals surface area contributed by atoms with Gasteiger partial charge >= 0.3 is 6.18 Å². The zero-order valence-corrected chi connectivity index (χ0v) is 15.5. The third-order valence-electron chi connectivity index (χ3n) is 4.87. The molecule has 1 aliphatic rings. The molecule has 2 unspecified atom stereocenters. The monoisotopic (exact) mass is 382 g/mol. The zero-order chi connectivity index (χ0) is 18.9. The second-order valence-electron chi connectivity index (χ2n) is 6.61. The number of nitrogens with one attached hydrogen (secondary N) is 1. The summed E-state index contributed by atoms with van der Waals surface area (Å²) in [6.07, 6.45) is -3.40. The summed E-state index contributed by atoms with van der Waals surface area (Å²) in [7, 11) is 0. The highest BCUT2D eigenvalue weighted by atomic mass is 32.1. The van der Waals surface area contributed by atoms with Crippen LogP contribution < -0.4 is 5.32 Å². The van der Waals surface area contributed by atoms with Crippen molar-refractivity contribution in [1.82, 2.24) is 10.2 Å². The molecule has 140 valence electrons. The Morgan fingerprint density at radius 3 is 2.58 bits per heavy atom. The first-order valence-electron chi connectivity index (χ1n) is 8.55. The van der Waals surface area contributed by atoms with Crippen molar-refractivity contribution in [2.75, 3.05) is 13.1 Å². The van der Waals surface area contributed by atoms with Crippen molar-refractivity contribution >= 4 is 17.2 Å². The second-order valence-corrected chi connectivity index (χ2v) is 7.56. The molecular formula is C19H21F3N2OS. The highest BCUT2D eigenvalue weighted by molar-refractivity contribution is 7.10. The Kier molecular flexibility index (Phi) is 5.39. The molecule has 3 nitrogen and oxygen atoms in total. The van der Waals surface area contributed by atoms with Crippen LogP contribution in [0.4, 0.5) is 13.2 Å². The minimum absolute atomic E-state index is 0.235. The summed E-state index contributed by atoms with van der Waals surface area (Å²) >= 11 is 1.76. The lowest BCUT2D eigenvalue weighted by molar-refractivity contribution is -0.137. The second kappa shape index (κ2) is 7.40. The van der Waals surface area contributed by atoms with E-state index in [0.29, 0.717) is 25.2 Å². The van der Waals surface area contributed by atoms with E-state index in [9.17, 15) is 18.0 Å². The molecular weight excluding hydrogens is 361 g/mol. The number of nitrogens with zero attached hydrogens (tertiary/aromatic N) is 1. The number of alkyl halides is 3. The van der Waals surface area contributed by atoms with Crippen LogP contribution in [-0.2, 0) is 12.6 Å². The van der Waals surface area contributed by atoms with E-state index >= 15 is 0 Å². The highest BCUT2D eigenvalue weighted by Crippen LogP contribution is 2.36. The van der Waals surface area contributed by atoms with Crippen LogP contribution in [0.3, 0.4) is 0 Å². The highest BCUT2D eigenvalue weighted by Gasteiger charge is 2.31. The molecule has 0 bridgehead atoms.